The molecule has 2 nitrogen and oxygen atoms in total. The molecule has 0 unspecified atom stereocenters. The predicted molar refractivity (Wildman–Crippen MR) is 77.0 cm³/mol. The molecule has 2 N–H and O–H groups in total. The first-order valence-electron chi connectivity index (χ1n) is 5.08. The minimum atomic E-state index is 0.488. The Balaban J connectivity index is 2.12. The number of ether oxygens (including phenoxy) is 1. The Morgan fingerprint density at radius 2 is 1.82 bits per heavy atom. The summed E-state index contributed by atoms with van der Waals surface area (Å²) in [5, 5.41) is 0. The molecule has 2 aromatic carbocycles. The van der Waals surface area contributed by atoms with E-state index in [1.165, 1.54) is 0 Å². The third-order valence-electron chi connectivity index (χ3n) is 2.32. The second-order valence-electron chi connectivity index (χ2n) is 3.56. The Labute approximate surface area is 117 Å². The van der Waals surface area contributed by atoms with Gasteiger partial charge in [-0.3, -0.25) is 0 Å². The fraction of sp³-hybridized carbons (Fsp3) is 0.0769. The lowest BCUT2D eigenvalue weighted by Crippen LogP contribution is -1.99. The van der Waals surface area contributed by atoms with Crippen LogP contribution in [-0.4, -0.2) is 0 Å². The molecule has 0 fully saturated rings. The maximum atomic E-state index is 5.83. The molecule has 0 bridgehead atoms. The highest BCUT2D eigenvalue weighted by molar-refractivity contribution is 9.10. The van der Waals surface area contributed by atoms with Gasteiger partial charge >= 0.3 is 0 Å². The van der Waals surface area contributed by atoms with Gasteiger partial charge in [0.25, 0.3) is 0 Å². The van der Waals surface area contributed by atoms with Crippen molar-refractivity contribution in [2.24, 2.45) is 0 Å². The highest BCUT2D eigenvalue weighted by Crippen LogP contribution is 2.27. The molecule has 88 valence electrons. The summed E-state index contributed by atoms with van der Waals surface area (Å²) < 4.78 is 7.69. The number of rotatable bonds is 3. The molecule has 0 aliphatic rings. The molecule has 0 aromatic heterocycles. The van der Waals surface area contributed by atoms with Crippen LogP contribution in [0.1, 0.15) is 5.56 Å². The van der Waals surface area contributed by atoms with E-state index in [-0.39, 0.29) is 0 Å². The predicted octanol–water partition coefficient (Wildman–Crippen LogP) is 4.37. The first kappa shape index (κ1) is 12.5. The molecular formula is C13H11Br2NO. The van der Waals surface area contributed by atoms with Gasteiger partial charge in [-0.25, -0.2) is 0 Å². The summed E-state index contributed by atoms with van der Waals surface area (Å²) in [6.45, 7) is 0.488. The highest BCUT2D eigenvalue weighted by Gasteiger charge is 2.03. The van der Waals surface area contributed by atoms with Crippen molar-refractivity contribution in [1.82, 2.24) is 0 Å². The van der Waals surface area contributed by atoms with E-state index in [4.69, 9.17) is 10.5 Å². The summed E-state index contributed by atoms with van der Waals surface area (Å²) in [7, 11) is 0. The van der Waals surface area contributed by atoms with Gasteiger partial charge in [-0.15, -0.1) is 0 Å². The summed E-state index contributed by atoms with van der Waals surface area (Å²) in [5.41, 5.74) is 7.56. The van der Waals surface area contributed by atoms with E-state index in [1.54, 1.807) is 0 Å². The second kappa shape index (κ2) is 5.56. The Morgan fingerprint density at radius 3 is 2.59 bits per heavy atom. The Bertz CT molecular complexity index is 529. The van der Waals surface area contributed by atoms with Crippen molar-refractivity contribution in [3.05, 3.63) is 57.0 Å². The molecule has 0 spiro atoms. The van der Waals surface area contributed by atoms with Crippen molar-refractivity contribution in [3.8, 4) is 5.75 Å². The van der Waals surface area contributed by atoms with Crippen LogP contribution in [0.15, 0.2) is 51.4 Å². The Morgan fingerprint density at radius 1 is 1.06 bits per heavy atom. The number of halogens is 2. The van der Waals surface area contributed by atoms with Crippen LogP contribution in [0, 0.1) is 0 Å². The number of hydrogen-bond donors (Lipinski definition) is 1. The lowest BCUT2D eigenvalue weighted by molar-refractivity contribution is 0.307. The van der Waals surface area contributed by atoms with Crippen LogP contribution in [0.2, 0.25) is 0 Å². The molecular weight excluding hydrogens is 346 g/mol. The zero-order chi connectivity index (χ0) is 12.3. The Kier molecular flexibility index (Phi) is 4.07. The molecule has 0 amide bonds. The van der Waals surface area contributed by atoms with Crippen molar-refractivity contribution in [3.63, 3.8) is 0 Å². The van der Waals surface area contributed by atoms with Gasteiger partial charge in [0.1, 0.15) is 12.4 Å². The zero-order valence-electron chi connectivity index (χ0n) is 8.99. The summed E-state index contributed by atoms with van der Waals surface area (Å²) in [6.07, 6.45) is 0. The van der Waals surface area contributed by atoms with Crippen LogP contribution in [0.4, 0.5) is 5.69 Å². The largest absolute Gasteiger partial charge is 0.487 e. The van der Waals surface area contributed by atoms with Crippen molar-refractivity contribution >= 4 is 37.5 Å². The van der Waals surface area contributed by atoms with E-state index >= 15 is 0 Å². The topological polar surface area (TPSA) is 35.2 Å². The van der Waals surface area contributed by atoms with Gasteiger partial charge in [-0.1, -0.05) is 50.1 Å². The molecule has 2 rings (SSSR count). The summed E-state index contributed by atoms with van der Waals surface area (Å²) in [6, 6.07) is 13.5. The first-order valence-corrected chi connectivity index (χ1v) is 6.66. The average Bonchev–Trinajstić information content (AvgIpc) is 2.32. The molecule has 0 saturated heterocycles. The monoisotopic (exact) mass is 355 g/mol. The van der Waals surface area contributed by atoms with Gasteiger partial charge < -0.3 is 10.5 Å². The molecule has 17 heavy (non-hydrogen) atoms. The van der Waals surface area contributed by atoms with E-state index in [0.717, 1.165) is 14.5 Å². The van der Waals surface area contributed by atoms with Crippen LogP contribution >= 0.6 is 31.9 Å². The van der Waals surface area contributed by atoms with E-state index < -0.39 is 0 Å². The smallest absolute Gasteiger partial charge is 0.143 e. The van der Waals surface area contributed by atoms with Gasteiger partial charge in [0, 0.05) is 14.5 Å². The standard InChI is InChI=1S/C13H11Br2NO/c14-10-5-6-12(16)13(7-10)17-8-9-3-1-2-4-11(9)15/h1-7H,8,16H2. The normalized spacial score (nSPS) is 10.2. The van der Waals surface area contributed by atoms with Crippen molar-refractivity contribution < 1.29 is 4.74 Å². The third kappa shape index (κ3) is 3.23. The fourth-order valence-corrected chi connectivity index (χ4v) is 2.14. The lowest BCUT2D eigenvalue weighted by Gasteiger charge is -2.10. The second-order valence-corrected chi connectivity index (χ2v) is 5.33. The van der Waals surface area contributed by atoms with Crippen molar-refractivity contribution in [2.45, 2.75) is 6.61 Å². The van der Waals surface area contributed by atoms with Crippen LogP contribution in [-0.2, 0) is 6.61 Å². The molecule has 0 heterocycles. The molecule has 0 aliphatic heterocycles. The number of benzene rings is 2. The molecule has 4 heteroatoms. The van der Waals surface area contributed by atoms with Gasteiger partial charge in [-0.2, -0.15) is 0 Å². The summed E-state index contributed by atoms with van der Waals surface area (Å²) in [4.78, 5) is 0. The van der Waals surface area contributed by atoms with E-state index in [2.05, 4.69) is 31.9 Å². The van der Waals surface area contributed by atoms with Gasteiger partial charge in [0.05, 0.1) is 5.69 Å². The summed E-state index contributed by atoms with van der Waals surface area (Å²) in [5.74, 6) is 0.690. The molecule has 2 aromatic rings. The van der Waals surface area contributed by atoms with E-state index in [1.807, 2.05) is 42.5 Å². The molecule has 0 atom stereocenters. The fourth-order valence-electron chi connectivity index (χ4n) is 1.40. The lowest BCUT2D eigenvalue weighted by atomic mass is 10.2. The zero-order valence-corrected chi connectivity index (χ0v) is 12.2. The molecule has 0 aliphatic carbocycles. The minimum absolute atomic E-state index is 0.488. The number of nitrogens with two attached hydrogens (primary N) is 1. The average molecular weight is 357 g/mol. The SMILES string of the molecule is Nc1ccc(Br)cc1OCc1ccccc1Br. The maximum Gasteiger partial charge on any atom is 0.143 e. The quantitative estimate of drug-likeness (QED) is 0.828. The third-order valence-corrected chi connectivity index (χ3v) is 3.58. The minimum Gasteiger partial charge on any atom is -0.487 e. The van der Waals surface area contributed by atoms with Crippen LogP contribution in [0.25, 0.3) is 0 Å². The van der Waals surface area contributed by atoms with Crippen molar-refractivity contribution in [2.75, 3.05) is 5.73 Å². The maximum absolute atomic E-state index is 5.83. The number of nitrogen functional groups attached to an aromatic ring is 1. The van der Waals surface area contributed by atoms with Gasteiger partial charge in [-0.05, 0) is 24.3 Å². The van der Waals surface area contributed by atoms with Gasteiger partial charge in [0.2, 0.25) is 0 Å². The van der Waals surface area contributed by atoms with Crippen LogP contribution in [0.3, 0.4) is 0 Å². The van der Waals surface area contributed by atoms with Crippen LogP contribution in [0.5, 0.6) is 5.75 Å². The molecule has 0 radical (unpaired) electrons. The van der Waals surface area contributed by atoms with Gasteiger partial charge in [0.15, 0.2) is 0 Å². The highest BCUT2D eigenvalue weighted by atomic mass is 79.9. The van der Waals surface area contributed by atoms with Crippen molar-refractivity contribution in [1.29, 1.82) is 0 Å². The van der Waals surface area contributed by atoms with E-state index in [9.17, 15) is 0 Å². The van der Waals surface area contributed by atoms with Crippen LogP contribution < -0.4 is 10.5 Å². The van der Waals surface area contributed by atoms with E-state index in [0.29, 0.717) is 18.0 Å². The Hall–Kier alpha value is -1.00. The first-order chi connectivity index (χ1) is 8.16. The molecule has 0 saturated carbocycles. The summed E-state index contributed by atoms with van der Waals surface area (Å²) >= 11 is 6.87. The number of anilines is 1. The number of hydrogen-bond acceptors (Lipinski definition) is 2.